The topological polar surface area (TPSA) is 158 Å². The molecule has 0 saturated carbocycles. The largest absolute Gasteiger partial charge is 0.493 e. The summed E-state index contributed by atoms with van der Waals surface area (Å²) in [5.74, 6) is 0.791. The van der Waals surface area contributed by atoms with Crippen LogP contribution in [0.25, 0.3) is 0 Å². The molecule has 0 aliphatic heterocycles. The molecule has 22 heavy (non-hydrogen) atoms. The highest BCUT2D eigenvalue weighted by molar-refractivity contribution is 6.10. The van der Waals surface area contributed by atoms with E-state index >= 15 is 0 Å². The van der Waals surface area contributed by atoms with Crippen molar-refractivity contribution in [2.75, 3.05) is 25.6 Å². The van der Waals surface area contributed by atoms with Crippen molar-refractivity contribution in [1.82, 2.24) is 9.78 Å². The Morgan fingerprint density at radius 2 is 2.09 bits per heavy atom. The van der Waals surface area contributed by atoms with E-state index in [2.05, 4.69) is 10.1 Å². The van der Waals surface area contributed by atoms with Crippen molar-refractivity contribution in [1.29, 1.82) is 0 Å². The van der Waals surface area contributed by atoms with Crippen LogP contribution in [0.15, 0.2) is 34.8 Å². The molecule has 1 aromatic rings. The lowest BCUT2D eigenvalue weighted by atomic mass is 10.0. The van der Waals surface area contributed by atoms with Gasteiger partial charge in [0, 0.05) is 6.08 Å². The Morgan fingerprint density at radius 1 is 1.32 bits per heavy atom. The first-order chi connectivity index (χ1) is 10.6. The van der Waals surface area contributed by atoms with Crippen molar-refractivity contribution in [2.24, 2.45) is 16.5 Å². The molecule has 9 nitrogen and oxygen atoms in total. The summed E-state index contributed by atoms with van der Waals surface area (Å²) >= 11 is 0. The number of nitrogens with two attached hydrogens (primary N) is 3. The number of rotatable bonds is 6. The SMILES string of the molecule is NC1=CC(N)C(OCCO)=CC1=Nc1cnn(CCO)c1N. The Balaban J connectivity index is 2.29. The van der Waals surface area contributed by atoms with Gasteiger partial charge < -0.3 is 32.2 Å². The molecule has 0 bridgehead atoms. The van der Waals surface area contributed by atoms with Crippen molar-refractivity contribution in [3.05, 3.63) is 29.8 Å². The van der Waals surface area contributed by atoms with Crippen LogP contribution in [0, 0.1) is 0 Å². The van der Waals surface area contributed by atoms with Gasteiger partial charge in [-0.1, -0.05) is 0 Å². The van der Waals surface area contributed by atoms with E-state index in [0.717, 1.165) is 0 Å². The lowest BCUT2D eigenvalue weighted by molar-refractivity contribution is 0.138. The van der Waals surface area contributed by atoms with Crippen LogP contribution in [-0.2, 0) is 11.3 Å². The second-order valence-corrected chi connectivity index (χ2v) is 4.63. The number of allylic oxidation sites excluding steroid dienone is 1. The lowest BCUT2D eigenvalue weighted by Gasteiger charge is -2.19. The Labute approximate surface area is 127 Å². The first kappa shape index (κ1) is 16.0. The molecule has 0 radical (unpaired) electrons. The van der Waals surface area contributed by atoms with Crippen LogP contribution in [0.3, 0.4) is 0 Å². The van der Waals surface area contributed by atoms with Crippen LogP contribution in [-0.4, -0.2) is 51.6 Å². The number of hydrogen-bond acceptors (Lipinski definition) is 8. The Hall–Kier alpha value is -2.36. The quantitative estimate of drug-likeness (QED) is 0.432. The summed E-state index contributed by atoms with van der Waals surface area (Å²) < 4.78 is 6.80. The van der Waals surface area contributed by atoms with Gasteiger partial charge in [0.1, 0.15) is 23.9 Å². The lowest BCUT2D eigenvalue weighted by Crippen LogP contribution is -2.30. The van der Waals surface area contributed by atoms with Gasteiger partial charge in [-0.05, 0) is 6.08 Å². The molecule has 1 aliphatic carbocycles. The predicted octanol–water partition coefficient (Wildman–Crippen LogP) is -1.39. The fraction of sp³-hybridized carbons (Fsp3) is 0.385. The molecule has 0 saturated heterocycles. The number of nitrogen functional groups attached to an aromatic ring is 1. The second kappa shape index (κ2) is 7.07. The minimum absolute atomic E-state index is 0.0716. The maximum Gasteiger partial charge on any atom is 0.147 e. The van der Waals surface area contributed by atoms with Gasteiger partial charge in [0.25, 0.3) is 0 Å². The average Bonchev–Trinajstić information content (AvgIpc) is 2.82. The Kier molecular flexibility index (Phi) is 5.15. The zero-order valence-electron chi connectivity index (χ0n) is 12.0. The normalized spacial score (nSPS) is 20.0. The molecule has 2 rings (SSSR count). The van der Waals surface area contributed by atoms with Crippen molar-refractivity contribution < 1.29 is 14.9 Å². The molecule has 0 aromatic carbocycles. The number of aliphatic hydroxyl groups excluding tert-OH is 2. The summed E-state index contributed by atoms with van der Waals surface area (Å²) in [6.07, 6.45) is 4.71. The van der Waals surface area contributed by atoms with Crippen molar-refractivity contribution in [3.8, 4) is 0 Å². The maximum absolute atomic E-state index is 8.92. The molecule has 1 aliphatic rings. The number of nitrogens with zero attached hydrogens (tertiary/aromatic N) is 3. The number of anilines is 1. The highest BCUT2D eigenvalue weighted by Gasteiger charge is 2.18. The van der Waals surface area contributed by atoms with Gasteiger partial charge in [0.2, 0.25) is 0 Å². The highest BCUT2D eigenvalue weighted by Crippen LogP contribution is 2.23. The first-order valence-corrected chi connectivity index (χ1v) is 6.76. The molecule has 9 heteroatoms. The molecule has 1 aromatic heterocycles. The van der Waals surface area contributed by atoms with Gasteiger partial charge in [-0.25, -0.2) is 9.67 Å². The molecule has 120 valence electrons. The third kappa shape index (κ3) is 3.45. The van der Waals surface area contributed by atoms with E-state index in [-0.39, 0.29) is 26.4 Å². The average molecular weight is 308 g/mol. The molecule has 0 spiro atoms. The zero-order chi connectivity index (χ0) is 16.1. The van der Waals surface area contributed by atoms with Gasteiger partial charge >= 0.3 is 0 Å². The summed E-state index contributed by atoms with van der Waals surface area (Å²) in [5.41, 5.74) is 19.0. The van der Waals surface area contributed by atoms with Crippen LogP contribution >= 0.6 is 0 Å². The maximum atomic E-state index is 8.92. The standard InChI is InChI=1S/C13H20N6O3/c14-8-5-9(15)12(22-4-3-21)6-10(8)18-11-7-17-19(1-2-20)13(11)16/h5-7,9,20-21H,1-4,14-16H2. The molecule has 1 atom stereocenters. The number of aliphatic imine (C=N–C) groups is 1. The van der Waals surface area contributed by atoms with E-state index in [1.54, 1.807) is 12.2 Å². The highest BCUT2D eigenvalue weighted by atomic mass is 16.5. The zero-order valence-corrected chi connectivity index (χ0v) is 12.0. The summed E-state index contributed by atoms with van der Waals surface area (Å²) in [6, 6.07) is -0.486. The van der Waals surface area contributed by atoms with E-state index in [9.17, 15) is 0 Å². The summed E-state index contributed by atoms with van der Waals surface area (Å²) in [4.78, 5) is 4.35. The van der Waals surface area contributed by atoms with Gasteiger partial charge in [-0.15, -0.1) is 0 Å². The number of hydrogen-bond donors (Lipinski definition) is 5. The first-order valence-electron chi connectivity index (χ1n) is 6.76. The number of ether oxygens (including phenoxy) is 1. The second-order valence-electron chi connectivity index (χ2n) is 4.63. The van der Waals surface area contributed by atoms with Crippen molar-refractivity contribution >= 4 is 17.2 Å². The Bertz CT molecular complexity index is 619. The summed E-state index contributed by atoms with van der Waals surface area (Å²) in [6.45, 7) is 0.235. The van der Waals surface area contributed by atoms with Crippen LogP contribution in [0.4, 0.5) is 11.5 Å². The van der Waals surface area contributed by atoms with Crippen LogP contribution in [0.2, 0.25) is 0 Å². The molecular weight excluding hydrogens is 288 g/mol. The van der Waals surface area contributed by atoms with Crippen molar-refractivity contribution in [2.45, 2.75) is 12.6 Å². The fourth-order valence-corrected chi connectivity index (χ4v) is 1.95. The summed E-state index contributed by atoms with van der Waals surface area (Å²) in [5, 5.41) is 21.8. The van der Waals surface area contributed by atoms with Gasteiger partial charge in [-0.3, -0.25) is 0 Å². The number of aliphatic hydroxyl groups is 2. The molecule has 1 heterocycles. The smallest absolute Gasteiger partial charge is 0.147 e. The number of aromatic nitrogens is 2. The van der Waals surface area contributed by atoms with E-state index in [1.807, 2.05) is 0 Å². The summed E-state index contributed by atoms with van der Waals surface area (Å²) in [7, 11) is 0. The predicted molar refractivity (Wildman–Crippen MR) is 82.2 cm³/mol. The van der Waals surface area contributed by atoms with Crippen LogP contribution in [0.1, 0.15) is 0 Å². The molecule has 0 fully saturated rings. The monoisotopic (exact) mass is 308 g/mol. The fourth-order valence-electron chi connectivity index (χ4n) is 1.95. The van der Waals surface area contributed by atoms with E-state index in [1.165, 1.54) is 10.9 Å². The third-order valence-electron chi connectivity index (χ3n) is 3.04. The van der Waals surface area contributed by atoms with Gasteiger partial charge in [0.15, 0.2) is 0 Å². The minimum Gasteiger partial charge on any atom is -0.493 e. The molecule has 8 N–H and O–H groups in total. The van der Waals surface area contributed by atoms with E-state index < -0.39 is 6.04 Å². The van der Waals surface area contributed by atoms with Gasteiger partial charge in [0.05, 0.1) is 43.4 Å². The third-order valence-corrected chi connectivity index (χ3v) is 3.04. The Morgan fingerprint density at radius 3 is 2.77 bits per heavy atom. The van der Waals surface area contributed by atoms with Crippen LogP contribution in [0.5, 0.6) is 0 Å². The van der Waals surface area contributed by atoms with Crippen molar-refractivity contribution in [3.63, 3.8) is 0 Å². The molecular formula is C13H20N6O3. The van der Waals surface area contributed by atoms with E-state index in [4.69, 9.17) is 32.2 Å². The molecule has 1 unspecified atom stereocenters. The minimum atomic E-state index is -0.486. The molecule has 0 amide bonds. The van der Waals surface area contributed by atoms with Gasteiger partial charge in [-0.2, -0.15) is 5.10 Å². The van der Waals surface area contributed by atoms with Crippen LogP contribution < -0.4 is 17.2 Å². The van der Waals surface area contributed by atoms with E-state index in [0.29, 0.717) is 28.7 Å².